The summed E-state index contributed by atoms with van der Waals surface area (Å²) in [5.41, 5.74) is 0.522. The predicted octanol–water partition coefficient (Wildman–Crippen LogP) is 2.21. The van der Waals surface area contributed by atoms with Gasteiger partial charge in [0.1, 0.15) is 17.6 Å². The molecule has 2 saturated heterocycles. The van der Waals surface area contributed by atoms with Gasteiger partial charge in [-0.05, 0) is 51.5 Å². The molecule has 2 aliphatic heterocycles. The number of carboxylic acid groups (broad SMARTS) is 1. The summed E-state index contributed by atoms with van der Waals surface area (Å²) in [7, 11) is 0. The number of carbonyl (C=O) groups is 3. The third-order valence-electron chi connectivity index (χ3n) is 5.90. The quantitative estimate of drug-likeness (QED) is 0.890. The molecule has 1 aromatic rings. The minimum atomic E-state index is -0.978. The molecule has 2 aliphatic rings. The Hall–Kier alpha value is -2.31. The van der Waals surface area contributed by atoms with Crippen molar-refractivity contribution in [2.75, 3.05) is 19.6 Å². The fourth-order valence-electron chi connectivity index (χ4n) is 4.14. The molecule has 1 N–H and O–H groups in total. The zero-order valence-corrected chi connectivity index (χ0v) is 15.6. The van der Waals surface area contributed by atoms with Gasteiger partial charge in [0, 0.05) is 26.1 Å². The summed E-state index contributed by atoms with van der Waals surface area (Å²) in [6.07, 6.45) is 2.71. The number of carbonyl (C=O) groups excluding carboxylic acids is 2. The summed E-state index contributed by atoms with van der Waals surface area (Å²) in [4.78, 5) is 39.5. The maximum absolute atomic E-state index is 12.7. The van der Waals surface area contributed by atoms with E-state index >= 15 is 0 Å². The molecule has 7 nitrogen and oxygen atoms in total. The van der Waals surface area contributed by atoms with Crippen LogP contribution < -0.4 is 0 Å². The normalized spacial score (nSPS) is 21.1. The standard InChI is InChI=1S/C19H26N2O5/c1-12-10-15(14(3)26-12)17(23)20-8-6-19(7-9-20)5-4-16(22)21(11-19)13(2)18(24)25/h10,13H,4-9,11H2,1-3H3,(H,24,25)/t13-/m1/s1. The second kappa shape index (κ2) is 6.78. The minimum absolute atomic E-state index is 0.0168. The summed E-state index contributed by atoms with van der Waals surface area (Å²) in [5.74, 6) is 0.278. The molecule has 7 heteroatoms. The van der Waals surface area contributed by atoms with Crippen LogP contribution in [0.25, 0.3) is 0 Å². The first-order valence-corrected chi connectivity index (χ1v) is 9.11. The molecule has 3 heterocycles. The number of hydrogen-bond donors (Lipinski definition) is 1. The number of hydrogen-bond acceptors (Lipinski definition) is 4. The number of nitrogens with zero attached hydrogens (tertiary/aromatic N) is 2. The number of carboxylic acids is 1. The second-order valence-electron chi connectivity index (χ2n) is 7.65. The van der Waals surface area contributed by atoms with Crippen molar-refractivity contribution in [2.45, 2.75) is 52.5 Å². The molecule has 0 saturated carbocycles. The van der Waals surface area contributed by atoms with Gasteiger partial charge >= 0.3 is 5.97 Å². The number of amides is 2. The van der Waals surface area contributed by atoms with Crippen molar-refractivity contribution in [3.05, 3.63) is 23.2 Å². The highest BCUT2D eigenvalue weighted by molar-refractivity contribution is 5.95. The van der Waals surface area contributed by atoms with Crippen molar-refractivity contribution in [1.82, 2.24) is 9.80 Å². The van der Waals surface area contributed by atoms with Crippen molar-refractivity contribution in [3.8, 4) is 0 Å². The Morgan fingerprint density at radius 2 is 1.88 bits per heavy atom. The molecule has 0 unspecified atom stereocenters. The lowest BCUT2D eigenvalue weighted by atomic mass is 9.72. The van der Waals surface area contributed by atoms with Gasteiger partial charge in [-0.15, -0.1) is 0 Å². The summed E-state index contributed by atoms with van der Waals surface area (Å²) in [6, 6.07) is 0.966. The van der Waals surface area contributed by atoms with Gasteiger partial charge in [0.15, 0.2) is 0 Å². The molecule has 3 rings (SSSR count). The number of aliphatic carboxylic acids is 1. The number of furan rings is 1. The minimum Gasteiger partial charge on any atom is -0.480 e. The molecule has 0 bridgehead atoms. The van der Waals surface area contributed by atoms with E-state index in [1.54, 1.807) is 19.9 Å². The lowest BCUT2D eigenvalue weighted by Gasteiger charge is -2.48. The summed E-state index contributed by atoms with van der Waals surface area (Å²) in [6.45, 7) is 6.88. The molecular weight excluding hydrogens is 336 g/mol. The molecule has 0 aliphatic carbocycles. The highest BCUT2D eigenvalue weighted by atomic mass is 16.4. The van der Waals surface area contributed by atoms with E-state index in [-0.39, 0.29) is 17.2 Å². The Kier molecular flexibility index (Phi) is 4.82. The zero-order valence-electron chi connectivity index (χ0n) is 15.6. The molecular formula is C19H26N2O5. The number of piperidine rings is 2. The van der Waals surface area contributed by atoms with Gasteiger partial charge in [0.25, 0.3) is 5.91 Å². The van der Waals surface area contributed by atoms with Gasteiger partial charge in [0.2, 0.25) is 5.91 Å². The first-order chi connectivity index (χ1) is 12.2. The SMILES string of the molecule is Cc1cc(C(=O)N2CCC3(CCC(=O)N([C@H](C)C(=O)O)C3)CC2)c(C)o1. The van der Waals surface area contributed by atoms with Crippen LogP contribution in [0, 0.1) is 19.3 Å². The maximum Gasteiger partial charge on any atom is 0.326 e. The highest BCUT2D eigenvalue weighted by Crippen LogP contribution is 2.41. The second-order valence-corrected chi connectivity index (χ2v) is 7.65. The van der Waals surface area contributed by atoms with Gasteiger partial charge in [-0.1, -0.05) is 0 Å². The number of likely N-dealkylation sites (tertiary alicyclic amines) is 2. The van der Waals surface area contributed by atoms with E-state index in [1.165, 1.54) is 4.90 Å². The van der Waals surface area contributed by atoms with Crippen LogP contribution in [0.5, 0.6) is 0 Å². The third-order valence-corrected chi connectivity index (χ3v) is 5.90. The van der Waals surface area contributed by atoms with Gasteiger partial charge < -0.3 is 19.3 Å². The van der Waals surface area contributed by atoms with Crippen molar-refractivity contribution in [1.29, 1.82) is 0 Å². The van der Waals surface area contributed by atoms with Gasteiger partial charge in [-0.3, -0.25) is 9.59 Å². The average molecular weight is 362 g/mol. The molecule has 0 radical (unpaired) electrons. The van der Waals surface area contributed by atoms with Crippen LogP contribution in [0.2, 0.25) is 0 Å². The smallest absolute Gasteiger partial charge is 0.326 e. The van der Waals surface area contributed by atoms with Crippen LogP contribution >= 0.6 is 0 Å². The monoisotopic (exact) mass is 362 g/mol. The largest absolute Gasteiger partial charge is 0.480 e. The van der Waals surface area contributed by atoms with Crippen LogP contribution in [-0.2, 0) is 9.59 Å². The van der Waals surface area contributed by atoms with Crippen LogP contribution in [0.3, 0.4) is 0 Å². The Balaban J connectivity index is 1.67. The summed E-state index contributed by atoms with van der Waals surface area (Å²) in [5, 5.41) is 9.25. The molecule has 1 spiro atoms. The fraction of sp³-hybridized carbons (Fsp3) is 0.632. The molecule has 2 fully saturated rings. The Labute approximate surface area is 152 Å². The lowest BCUT2D eigenvalue weighted by Crippen LogP contribution is -2.55. The topological polar surface area (TPSA) is 91.1 Å². The van der Waals surface area contributed by atoms with Crippen molar-refractivity contribution in [2.24, 2.45) is 5.41 Å². The van der Waals surface area contributed by atoms with E-state index in [2.05, 4.69) is 0 Å². The fourth-order valence-corrected chi connectivity index (χ4v) is 4.14. The van der Waals surface area contributed by atoms with Gasteiger partial charge in [-0.2, -0.15) is 0 Å². The predicted molar refractivity (Wildman–Crippen MR) is 93.8 cm³/mol. The molecule has 0 aromatic carbocycles. The Morgan fingerprint density at radius 3 is 2.42 bits per heavy atom. The summed E-state index contributed by atoms with van der Waals surface area (Å²) >= 11 is 0. The maximum atomic E-state index is 12.7. The first kappa shape index (κ1) is 18.5. The van der Waals surface area contributed by atoms with E-state index in [0.717, 1.165) is 25.0 Å². The van der Waals surface area contributed by atoms with Crippen molar-refractivity contribution < 1.29 is 23.9 Å². The Morgan fingerprint density at radius 1 is 1.23 bits per heavy atom. The average Bonchev–Trinajstić information content (AvgIpc) is 2.95. The molecule has 1 aromatic heterocycles. The van der Waals surface area contributed by atoms with Gasteiger partial charge in [-0.25, -0.2) is 4.79 Å². The molecule has 142 valence electrons. The van der Waals surface area contributed by atoms with E-state index in [9.17, 15) is 19.5 Å². The van der Waals surface area contributed by atoms with Crippen molar-refractivity contribution in [3.63, 3.8) is 0 Å². The summed E-state index contributed by atoms with van der Waals surface area (Å²) < 4.78 is 5.46. The van der Waals surface area contributed by atoms with E-state index in [1.807, 2.05) is 11.8 Å². The third kappa shape index (κ3) is 3.34. The number of aryl methyl sites for hydroxylation is 2. The van der Waals surface area contributed by atoms with Crippen LogP contribution in [0.4, 0.5) is 0 Å². The van der Waals surface area contributed by atoms with E-state index in [4.69, 9.17) is 4.42 Å². The van der Waals surface area contributed by atoms with Crippen LogP contribution in [-0.4, -0.2) is 58.4 Å². The lowest BCUT2D eigenvalue weighted by molar-refractivity contribution is -0.154. The molecule has 2 amide bonds. The van der Waals surface area contributed by atoms with Crippen LogP contribution in [0.1, 0.15) is 54.5 Å². The van der Waals surface area contributed by atoms with Crippen molar-refractivity contribution >= 4 is 17.8 Å². The molecule has 26 heavy (non-hydrogen) atoms. The molecule has 1 atom stereocenters. The Bertz CT molecular complexity index is 730. The van der Waals surface area contributed by atoms with Gasteiger partial charge in [0.05, 0.1) is 5.56 Å². The highest BCUT2D eigenvalue weighted by Gasteiger charge is 2.44. The van der Waals surface area contributed by atoms with E-state index < -0.39 is 12.0 Å². The number of rotatable bonds is 3. The zero-order chi connectivity index (χ0) is 19.1. The first-order valence-electron chi connectivity index (χ1n) is 9.11. The van der Waals surface area contributed by atoms with E-state index in [0.29, 0.717) is 37.4 Å². The van der Waals surface area contributed by atoms with Crippen LogP contribution in [0.15, 0.2) is 10.5 Å².